The summed E-state index contributed by atoms with van der Waals surface area (Å²) in [6.45, 7) is 1.25. The highest BCUT2D eigenvalue weighted by atomic mass is 16.5. The zero-order valence-electron chi connectivity index (χ0n) is 7.94. The second-order valence-electron chi connectivity index (χ2n) is 4.77. The molecule has 5 atom stereocenters. The van der Waals surface area contributed by atoms with E-state index in [1.807, 2.05) is 0 Å². The van der Waals surface area contributed by atoms with Crippen molar-refractivity contribution < 1.29 is 9.84 Å². The maximum Gasteiger partial charge on any atom is 0.0533 e. The largest absolute Gasteiger partial charge is 0.396 e. The molecule has 72 valence electrons. The lowest BCUT2D eigenvalue weighted by Gasteiger charge is -2.16. The van der Waals surface area contributed by atoms with Crippen LogP contribution in [0.25, 0.3) is 0 Å². The van der Waals surface area contributed by atoms with Gasteiger partial charge in [0, 0.05) is 19.1 Å². The van der Waals surface area contributed by atoms with Gasteiger partial charge in [-0.3, -0.25) is 0 Å². The molecule has 0 heterocycles. The zero-order valence-corrected chi connectivity index (χ0v) is 7.94. The Kier molecular flexibility index (Phi) is 1.46. The van der Waals surface area contributed by atoms with Crippen LogP contribution in [0.1, 0.15) is 6.42 Å². The van der Waals surface area contributed by atoms with E-state index >= 15 is 0 Å². The number of allylic oxidation sites excluding steroid dienone is 2. The highest BCUT2D eigenvalue weighted by molar-refractivity contribution is 5.34. The van der Waals surface area contributed by atoms with Gasteiger partial charge in [0.15, 0.2) is 0 Å². The number of rotatable bonds is 3. The number of ether oxygens (including phenoxy) is 1. The maximum absolute atomic E-state index is 9.24. The molecule has 13 heavy (non-hydrogen) atoms. The van der Waals surface area contributed by atoms with Gasteiger partial charge in [0.1, 0.15) is 0 Å². The van der Waals surface area contributed by atoms with Gasteiger partial charge >= 0.3 is 0 Å². The van der Waals surface area contributed by atoms with Crippen LogP contribution in [-0.4, -0.2) is 25.4 Å². The van der Waals surface area contributed by atoms with E-state index in [1.165, 1.54) is 6.42 Å². The minimum absolute atomic E-state index is 0.366. The van der Waals surface area contributed by atoms with Crippen LogP contribution in [0.15, 0.2) is 12.2 Å². The summed E-state index contributed by atoms with van der Waals surface area (Å²) in [6.07, 6.45) is 5.87. The molecule has 0 aromatic rings. The Morgan fingerprint density at radius 1 is 1.54 bits per heavy atom. The van der Waals surface area contributed by atoms with Crippen molar-refractivity contribution in [1.82, 2.24) is 0 Å². The molecule has 0 spiro atoms. The van der Waals surface area contributed by atoms with E-state index in [0.717, 1.165) is 18.4 Å². The molecule has 0 aromatic carbocycles. The van der Waals surface area contributed by atoms with Crippen LogP contribution in [0, 0.1) is 29.1 Å². The highest BCUT2D eigenvalue weighted by Crippen LogP contribution is 2.76. The van der Waals surface area contributed by atoms with Gasteiger partial charge in [-0.1, -0.05) is 12.2 Å². The molecular formula is C11H16O2. The smallest absolute Gasteiger partial charge is 0.0533 e. The van der Waals surface area contributed by atoms with Crippen LogP contribution >= 0.6 is 0 Å². The average molecular weight is 180 g/mol. The molecular weight excluding hydrogens is 164 g/mol. The predicted octanol–water partition coefficient (Wildman–Crippen LogP) is 1.06. The Hall–Kier alpha value is -0.340. The lowest BCUT2D eigenvalue weighted by atomic mass is 9.92. The van der Waals surface area contributed by atoms with E-state index < -0.39 is 0 Å². The first-order valence-electron chi connectivity index (χ1n) is 5.12. The summed E-state index contributed by atoms with van der Waals surface area (Å²) in [5, 5.41) is 9.24. The fourth-order valence-electron chi connectivity index (χ4n) is 3.99. The van der Waals surface area contributed by atoms with E-state index in [-0.39, 0.29) is 0 Å². The van der Waals surface area contributed by atoms with Crippen molar-refractivity contribution in [2.75, 3.05) is 20.3 Å². The zero-order chi connectivity index (χ0) is 9.05. The molecule has 3 aliphatic carbocycles. The van der Waals surface area contributed by atoms with Gasteiger partial charge in [-0.05, 0) is 30.1 Å². The van der Waals surface area contributed by atoms with Gasteiger partial charge in [-0.2, -0.15) is 0 Å². The van der Waals surface area contributed by atoms with Gasteiger partial charge in [0.25, 0.3) is 0 Å². The topological polar surface area (TPSA) is 29.5 Å². The van der Waals surface area contributed by atoms with E-state index in [4.69, 9.17) is 4.74 Å². The minimum atomic E-state index is 0.366. The lowest BCUT2D eigenvalue weighted by molar-refractivity contribution is 0.119. The number of methoxy groups -OCH3 is 1. The first-order chi connectivity index (χ1) is 6.34. The van der Waals surface area contributed by atoms with Crippen LogP contribution in [-0.2, 0) is 4.74 Å². The van der Waals surface area contributed by atoms with E-state index in [1.54, 1.807) is 7.11 Å². The molecule has 0 aromatic heterocycles. The standard InChI is InChI=1S/C11H16O2/c1-13-6-11-8-2-3-9(11)10(11)7(4-8)5-12/h2-3,7-10,12H,4-6H2,1H3/t7-,8-,9+,10-,11?/m0/s1. The first kappa shape index (κ1) is 8.01. The maximum atomic E-state index is 9.24. The van der Waals surface area contributed by atoms with Gasteiger partial charge in [-0.15, -0.1) is 0 Å². The molecule has 0 saturated heterocycles. The summed E-state index contributed by atoms with van der Waals surface area (Å²) in [5.74, 6) is 2.69. The van der Waals surface area contributed by atoms with Gasteiger partial charge in [0.2, 0.25) is 0 Å². The van der Waals surface area contributed by atoms with Crippen molar-refractivity contribution in [2.24, 2.45) is 29.1 Å². The number of fused-ring (bicyclic) bond motifs is 1. The van der Waals surface area contributed by atoms with E-state index in [0.29, 0.717) is 23.9 Å². The minimum Gasteiger partial charge on any atom is -0.396 e. The molecule has 2 nitrogen and oxygen atoms in total. The van der Waals surface area contributed by atoms with Gasteiger partial charge in [-0.25, -0.2) is 0 Å². The average Bonchev–Trinajstić information content (AvgIpc) is 2.57. The second kappa shape index (κ2) is 2.37. The number of hydrogen-bond acceptors (Lipinski definition) is 2. The normalized spacial score (nSPS) is 55.5. The van der Waals surface area contributed by atoms with Gasteiger partial charge < -0.3 is 9.84 Å². The molecule has 3 rings (SSSR count). The summed E-state index contributed by atoms with van der Waals surface area (Å²) in [4.78, 5) is 0. The molecule has 0 radical (unpaired) electrons. The number of aliphatic hydroxyl groups is 1. The molecule has 2 saturated carbocycles. The van der Waals surface area contributed by atoms with Crippen LogP contribution < -0.4 is 0 Å². The van der Waals surface area contributed by atoms with Crippen LogP contribution in [0.2, 0.25) is 0 Å². The Labute approximate surface area is 78.6 Å². The fourth-order valence-corrected chi connectivity index (χ4v) is 3.99. The molecule has 0 aliphatic heterocycles. The van der Waals surface area contributed by atoms with E-state index in [2.05, 4.69) is 12.2 Å². The quantitative estimate of drug-likeness (QED) is 0.658. The Balaban J connectivity index is 1.87. The van der Waals surface area contributed by atoms with Crippen LogP contribution in [0.4, 0.5) is 0 Å². The van der Waals surface area contributed by atoms with Crippen LogP contribution in [0.5, 0.6) is 0 Å². The van der Waals surface area contributed by atoms with Crippen molar-refractivity contribution in [2.45, 2.75) is 6.42 Å². The third-order valence-electron chi connectivity index (χ3n) is 4.45. The molecule has 1 N–H and O–H groups in total. The van der Waals surface area contributed by atoms with Gasteiger partial charge in [0.05, 0.1) is 6.61 Å². The number of aliphatic hydroxyl groups excluding tert-OH is 1. The second-order valence-corrected chi connectivity index (χ2v) is 4.77. The van der Waals surface area contributed by atoms with Crippen molar-refractivity contribution in [3.8, 4) is 0 Å². The highest BCUT2D eigenvalue weighted by Gasteiger charge is 2.74. The molecule has 1 unspecified atom stereocenters. The monoisotopic (exact) mass is 180 g/mol. The molecule has 0 bridgehead atoms. The summed E-state index contributed by atoms with van der Waals surface area (Å²) in [7, 11) is 1.79. The summed E-state index contributed by atoms with van der Waals surface area (Å²) in [6, 6.07) is 0. The molecule has 3 aliphatic rings. The van der Waals surface area contributed by atoms with Crippen molar-refractivity contribution in [3.63, 3.8) is 0 Å². The van der Waals surface area contributed by atoms with E-state index in [9.17, 15) is 5.11 Å². The Morgan fingerprint density at radius 2 is 2.38 bits per heavy atom. The molecule has 0 amide bonds. The third-order valence-corrected chi connectivity index (χ3v) is 4.45. The first-order valence-corrected chi connectivity index (χ1v) is 5.12. The van der Waals surface area contributed by atoms with Crippen molar-refractivity contribution in [3.05, 3.63) is 12.2 Å². The Bertz CT molecular complexity index is 261. The van der Waals surface area contributed by atoms with Crippen molar-refractivity contribution >= 4 is 0 Å². The van der Waals surface area contributed by atoms with Crippen LogP contribution in [0.3, 0.4) is 0 Å². The predicted molar refractivity (Wildman–Crippen MR) is 49.1 cm³/mol. The Morgan fingerprint density at radius 3 is 3.00 bits per heavy atom. The van der Waals surface area contributed by atoms with Crippen molar-refractivity contribution in [1.29, 1.82) is 0 Å². The number of hydrogen-bond donors (Lipinski definition) is 1. The summed E-state index contributed by atoms with van der Waals surface area (Å²) in [5.41, 5.74) is 0.419. The lowest BCUT2D eigenvalue weighted by Crippen LogP contribution is -2.16. The fraction of sp³-hybridized carbons (Fsp3) is 0.818. The molecule has 2 fully saturated rings. The molecule has 2 heteroatoms. The summed E-state index contributed by atoms with van der Waals surface area (Å²) >= 11 is 0. The third kappa shape index (κ3) is 0.728. The SMILES string of the molecule is COCC12[C@H]3[C@H](CO)C[C@@H]1C=C[C@H]32. The summed E-state index contributed by atoms with van der Waals surface area (Å²) < 4.78 is 5.32.